The van der Waals surface area contributed by atoms with Crippen molar-refractivity contribution in [1.29, 1.82) is 0 Å². The Hall–Kier alpha value is -1.61. The largest absolute Gasteiger partial charge is 0.497 e. The van der Waals surface area contributed by atoms with Gasteiger partial charge < -0.3 is 14.9 Å². The van der Waals surface area contributed by atoms with Gasteiger partial charge in [-0.1, -0.05) is 17.8 Å². The van der Waals surface area contributed by atoms with Crippen LogP contribution < -0.4 is 16.0 Å². The first-order chi connectivity index (χ1) is 9.90. The van der Waals surface area contributed by atoms with Crippen molar-refractivity contribution < 1.29 is 24.5 Å². The van der Waals surface area contributed by atoms with Gasteiger partial charge in [-0.05, 0) is 17.7 Å². The lowest BCUT2D eigenvalue weighted by molar-refractivity contribution is -0.109. The molecule has 7 nitrogen and oxygen atoms in total. The molecule has 2 atom stereocenters. The molecule has 0 saturated carbocycles. The number of hydrazine groups is 1. The van der Waals surface area contributed by atoms with Gasteiger partial charge in [-0.2, -0.15) is 0 Å². The van der Waals surface area contributed by atoms with E-state index in [0.717, 1.165) is 11.8 Å². The second-order valence-corrected chi connectivity index (χ2v) is 5.44. The van der Waals surface area contributed by atoms with Crippen LogP contribution >= 0.6 is 11.8 Å². The van der Waals surface area contributed by atoms with Crippen molar-refractivity contribution in [2.75, 3.05) is 12.9 Å². The monoisotopic (exact) mass is 314 g/mol. The SMILES string of the molecule is COc1ccc(C(O)C(O)CSC(C)=O)c(C(=O)NN)c1. The molecule has 1 rings (SSSR count). The number of aliphatic hydroxyl groups is 2. The third-order valence-corrected chi connectivity index (χ3v) is 3.69. The molecule has 0 aliphatic heterocycles. The van der Waals surface area contributed by atoms with Crippen LogP contribution in [-0.2, 0) is 4.79 Å². The lowest BCUT2D eigenvalue weighted by Gasteiger charge is -2.20. The molecule has 0 saturated heterocycles. The van der Waals surface area contributed by atoms with Gasteiger partial charge in [0.1, 0.15) is 11.9 Å². The molecule has 0 aromatic heterocycles. The van der Waals surface area contributed by atoms with E-state index in [1.165, 1.54) is 26.2 Å². The maximum Gasteiger partial charge on any atom is 0.265 e. The Morgan fingerprint density at radius 1 is 1.43 bits per heavy atom. The second-order valence-electron chi connectivity index (χ2n) is 4.24. The first-order valence-electron chi connectivity index (χ1n) is 6.09. The van der Waals surface area contributed by atoms with Gasteiger partial charge >= 0.3 is 0 Å². The van der Waals surface area contributed by atoms with Crippen LogP contribution in [0.3, 0.4) is 0 Å². The molecule has 0 aliphatic rings. The van der Waals surface area contributed by atoms with Crippen LogP contribution in [0.2, 0.25) is 0 Å². The molecule has 1 aromatic rings. The Morgan fingerprint density at radius 3 is 2.62 bits per heavy atom. The number of nitrogens with one attached hydrogen (secondary N) is 1. The lowest BCUT2D eigenvalue weighted by Crippen LogP contribution is -2.32. The molecule has 0 radical (unpaired) electrons. The maximum atomic E-state index is 11.8. The Morgan fingerprint density at radius 2 is 2.10 bits per heavy atom. The molecular weight excluding hydrogens is 296 g/mol. The van der Waals surface area contributed by atoms with Crippen LogP contribution in [-0.4, -0.2) is 40.2 Å². The summed E-state index contributed by atoms with van der Waals surface area (Å²) in [6.07, 6.45) is -2.52. The Labute approximate surface area is 126 Å². The van der Waals surface area contributed by atoms with Gasteiger partial charge in [0.05, 0.1) is 18.8 Å². The molecule has 0 bridgehead atoms. The topological polar surface area (TPSA) is 122 Å². The molecular formula is C13H18N2O5S. The molecule has 2 unspecified atom stereocenters. The standard InChI is InChI=1S/C13H18N2O5S/c1-7(16)21-6-11(17)12(18)9-4-3-8(20-2)5-10(9)13(19)15-14/h3-5,11-12,17-18H,6,14H2,1-2H3,(H,15,19). The van der Waals surface area contributed by atoms with Crippen LogP contribution in [0.1, 0.15) is 28.9 Å². The first kappa shape index (κ1) is 17.4. The molecule has 5 N–H and O–H groups in total. The van der Waals surface area contributed by atoms with Crippen molar-refractivity contribution in [1.82, 2.24) is 5.43 Å². The minimum Gasteiger partial charge on any atom is -0.497 e. The summed E-state index contributed by atoms with van der Waals surface area (Å²) >= 11 is 0.891. The number of methoxy groups -OCH3 is 1. The summed E-state index contributed by atoms with van der Waals surface area (Å²) in [7, 11) is 1.44. The molecule has 8 heteroatoms. The fourth-order valence-electron chi connectivity index (χ4n) is 1.70. The van der Waals surface area contributed by atoms with Gasteiger partial charge in [-0.3, -0.25) is 15.0 Å². The number of hydrogen-bond donors (Lipinski definition) is 4. The third-order valence-electron chi connectivity index (χ3n) is 2.78. The second kappa shape index (κ2) is 7.99. The highest BCUT2D eigenvalue weighted by Crippen LogP contribution is 2.26. The van der Waals surface area contributed by atoms with Gasteiger partial charge in [0.25, 0.3) is 5.91 Å². The molecule has 0 spiro atoms. The van der Waals surface area contributed by atoms with Crippen molar-refractivity contribution in [2.24, 2.45) is 5.84 Å². The number of carbonyl (C=O) groups excluding carboxylic acids is 2. The number of aliphatic hydroxyl groups excluding tert-OH is 2. The van der Waals surface area contributed by atoms with Crippen molar-refractivity contribution in [3.63, 3.8) is 0 Å². The van der Waals surface area contributed by atoms with Gasteiger partial charge in [0, 0.05) is 12.7 Å². The van der Waals surface area contributed by atoms with E-state index in [1.807, 2.05) is 5.43 Å². The quantitative estimate of drug-likeness (QED) is 0.330. The molecule has 116 valence electrons. The van der Waals surface area contributed by atoms with E-state index in [2.05, 4.69) is 0 Å². The lowest BCUT2D eigenvalue weighted by atomic mass is 9.98. The summed E-state index contributed by atoms with van der Waals surface area (Å²) in [6.45, 7) is 1.37. The molecule has 1 amide bonds. The minimum absolute atomic E-state index is 0.0201. The molecule has 0 heterocycles. The highest BCUT2D eigenvalue weighted by molar-refractivity contribution is 8.13. The van der Waals surface area contributed by atoms with Crippen molar-refractivity contribution in [2.45, 2.75) is 19.1 Å². The van der Waals surface area contributed by atoms with Gasteiger partial charge in [0.2, 0.25) is 0 Å². The van der Waals surface area contributed by atoms with Crippen LogP contribution in [0.15, 0.2) is 18.2 Å². The fourth-order valence-corrected chi connectivity index (χ4v) is 2.28. The maximum absolute atomic E-state index is 11.8. The normalized spacial score (nSPS) is 13.4. The number of hydrogen-bond acceptors (Lipinski definition) is 7. The summed E-state index contributed by atoms with van der Waals surface area (Å²) in [5, 5.41) is 19.9. The summed E-state index contributed by atoms with van der Waals surface area (Å²) < 4.78 is 5.01. The number of nitrogens with two attached hydrogens (primary N) is 1. The highest BCUT2D eigenvalue weighted by Gasteiger charge is 2.24. The van der Waals surface area contributed by atoms with E-state index in [-0.39, 0.29) is 22.0 Å². The summed E-state index contributed by atoms with van der Waals surface area (Å²) in [5.74, 6) is 4.92. The number of carbonyl (C=O) groups is 2. The predicted octanol–water partition coefficient (Wildman–Crippen LogP) is -0.0273. The van der Waals surface area contributed by atoms with E-state index in [9.17, 15) is 19.8 Å². The smallest absolute Gasteiger partial charge is 0.265 e. The average Bonchev–Trinajstić information content (AvgIpc) is 2.50. The Bertz CT molecular complexity index is 523. The van der Waals surface area contributed by atoms with Crippen molar-refractivity contribution in [3.8, 4) is 5.75 Å². The average molecular weight is 314 g/mol. The number of thioether (sulfide) groups is 1. The predicted molar refractivity (Wildman–Crippen MR) is 78.8 cm³/mol. The fraction of sp³-hybridized carbons (Fsp3) is 0.385. The van der Waals surface area contributed by atoms with E-state index < -0.39 is 18.1 Å². The zero-order valence-corrected chi connectivity index (χ0v) is 12.5. The van der Waals surface area contributed by atoms with Crippen LogP contribution in [0.5, 0.6) is 5.75 Å². The molecule has 1 aromatic carbocycles. The zero-order valence-electron chi connectivity index (χ0n) is 11.7. The van der Waals surface area contributed by atoms with Crippen LogP contribution in [0, 0.1) is 0 Å². The summed E-state index contributed by atoms with van der Waals surface area (Å²) in [5.41, 5.74) is 2.27. The molecule has 0 aliphatic carbocycles. The first-order valence-corrected chi connectivity index (χ1v) is 7.07. The van der Waals surface area contributed by atoms with E-state index in [0.29, 0.717) is 5.75 Å². The zero-order chi connectivity index (χ0) is 16.0. The highest BCUT2D eigenvalue weighted by atomic mass is 32.2. The molecule has 21 heavy (non-hydrogen) atoms. The minimum atomic E-state index is -1.32. The van der Waals surface area contributed by atoms with Gasteiger partial charge in [-0.15, -0.1) is 0 Å². The number of rotatable bonds is 6. The van der Waals surface area contributed by atoms with Crippen LogP contribution in [0.25, 0.3) is 0 Å². The van der Waals surface area contributed by atoms with Crippen molar-refractivity contribution in [3.05, 3.63) is 29.3 Å². The number of amides is 1. The van der Waals surface area contributed by atoms with E-state index in [1.54, 1.807) is 6.07 Å². The number of benzene rings is 1. The number of nitrogen functional groups attached to an aromatic ring is 1. The van der Waals surface area contributed by atoms with E-state index >= 15 is 0 Å². The summed E-state index contributed by atoms with van der Waals surface area (Å²) in [6, 6.07) is 4.43. The van der Waals surface area contributed by atoms with Crippen LogP contribution in [0.4, 0.5) is 0 Å². The molecule has 0 fully saturated rings. The summed E-state index contributed by atoms with van der Waals surface area (Å²) in [4.78, 5) is 22.6. The van der Waals surface area contributed by atoms with Crippen molar-refractivity contribution >= 4 is 22.8 Å². The number of ether oxygens (including phenoxy) is 1. The Kier molecular flexibility index (Phi) is 6.63. The van der Waals surface area contributed by atoms with Gasteiger partial charge in [0.15, 0.2) is 5.12 Å². The van der Waals surface area contributed by atoms with E-state index in [4.69, 9.17) is 10.6 Å². The van der Waals surface area contributed by atoms with Gasteiger partial charge in [-0.25, -0.2) is 5.84 Å². The Balaban J connectivity index is 3.04. The third kappa shape index (κ3) is 4.71.